The Balaban J connectivity index is 1.76. The van der Waals surface area contributed by atoms with Crippen molar-refractivity contribution < 1.29 is 14.3 Å². The number of hydrogen-bond acceptors (Lipinski definition) is 4. The zero-order valence-electron chi connectivity index (χ0n) is 11.4. The van der Waals surface area contributed by atoms with Gasteiger partial charge >= 0.3 is 0 Å². The maximum absolute atomic E-state index is 12.4. The molecular weight excluding hydrogens is 258 g/mol. The Bertz CT molecular complexity index is 651. The molecule has 1 aliphatic heterocycles. The lowest BCUT2D eigenvalue weighted by atomic mass is 10.1. The largest absolute Gasteiger partial charge is 0.454 e. The zero-order chi connectivity index (χ0) is 14.1. The summed E-state index contributed by atoms with van der Waals surface area (Å²) in [4.78, 5) is 14.0. The maximum Gasteiger partial charge on any atom is 0.254 e. The van der Waals surface area contributed by atoms with E-state index in [-0.39, 0.29) is 12.7 Å². The molecule has 104 valence electrons. The monoisotopic (exact) mass is 273 g/mol. The number of carbonyl (C=O) groups excluding carboxylic acids is 1. The van der Waals surface area contributed by atoms with Crippen molar-refractivity contribution in [2.24, 2.45) is 7.05 Å². The molecule has 1 aliphatic rings. The van der Waals surface area contributed by atoms with E-state index in [1.54, 1.807) is 41.0 Å². The minimum Gasteiger partial charge on any atom is -0.454 e. The predicted molar refractivity (Wildman–Crippen MR) is 71.6 cm³/mol. The Hall–Kier alpha value is -2.50. The highest BCUT2D eigenvalue weighted by atomic mass is 16.7. The molecule has 0 N–H and O–H groups in total. The molecule has 2 aromatic rings. The van der Waals surface area contributed by atoms with E-state index in [0.29, 0.717) is 23.6 Å². The van der Waals surface area contributed by atoms with E-state index in [9.17, 15) is 4.79 Å². The number of nitrogens with zero attached hydrogens (tertiary/aromatic N) is 3. The van der Waals surface area contributed by atoms with Crippen molar-refractivity contribution >= 4 is 5.91 Å². The van der Waals surface area contributed by atoms with Gasteiger partial charge in [-0.15, -0.1) is 0 Å². The average molecular weight is 273 g/mol. The molecule has 20 heavy (non-hydrogen) atoms. The van der Waals surface area contributed by atoms with E-state index in [1.807, 2.05) is 13.1 Å². The first kappa shape index (κ1) is 12.5. The summed E-state index contributed by atoms with van der Waals surface area (Å²) in [6.45, 7) is 0.710. The molecule has 0 fully saturated rings. The molecule has 0 bridgehead atoms. The van der Waals surface area contributed by atoms with Crippen molar-refractivity contribution in [2.45, 2.75) is 6.54 Å². The molecule has 0 aliphatic carbocycles. The van der Waals surface area contributed by atoms with E-state index < -0.39 is 0 Å². The topological polar surface area (TPSA) is 56.6 Å². The number of aryl methyl sites for hydroxylation is 1. The third-order valence-electron chi connectivity index (χ3n) is 3.29. The molecule has 0 spiro atoms. The number of amides is 1. The van der Waals surface area contributed by atoms with Gasteiger partial charge in [-0.3, -0.25) is 9.48 Å². The summed E-state index contributed by atoms with van der Waals surface area (Å²) < 4.78 is 12.3. The van der Waals surface area contributed by atoms with Crippen LogP contribution < -0.4 is 9.47 Å². The van der Waals surface area contributed by atoms with Crippen LogP contribution in [-0.4, -0.2) is 34.4 Å². The van der Waals surface area contributed by atoms with Crippen molar-refractivity contribution in [1.82, 2.24) is 14.7 Å². The Kier molecular flexibility index (Phi) is 3.06. The highest BCUT2D eigenvalue weighted by Gasteiger charge is 2.18. The second-order valence-corrected chi connectivity index (χ2v) is 4.68. The van der Waals surface area contributed by atoms with Gasteiger partial charge in [0, 0.05) is 25.9 Å². The van der Waals surface area contributed by atoms with Gasteiger partial charge in [0.25, 0.3) is 5.91 Å². The molecule has 2 heterocycles. The van der Waals surface area contributed by atoms with E-state index in [0.717, 1.165) is 5.69 Å². The molecule has 6 nitrogen and oxygen atoms in total. The van der Waals surface area contributed by atoms with Gasteiger partial charge in [0.1, 0.15) is 0 Å². The van der Waals surface area contributed by atoms with Crippen LogP contribution in [0.4, 0.5) is 0 Å². The second kappa shape index (κ2) is 4.88. The number of fused-ring (bicyclic) bond motifs is 1. The van der Waals surface area contributed by atoms with Gasteiger partial charge < -0.3 is 14.4 Å². The predicted octanol–water partition coefficient (Wildman–Crippen LogP) is 1.42. The minimum absolute atomic E-state index is 0.0653. The first-order valence-corrected chi connectivity index (χ1v) is 6.27. The van der Waals surface area contributed by atoms with Crippen LogP contribution in [0.1, 0.15) is 16.1 Å². The molecular formula is C14H15N3O3. The average Bonchev–Trinajstić information content (AvgIpc) is 3.06. The lowest BCUT2D eigenvalue weighted by Gasteiger charge is -2.17. The number of hydrogen-bond donors (Lipinski definition) is 0. The van der Waals surface area contributed by atoms with Crippen LogP contribution in [0.2, 0.25) is 0 Å². The van der Waals surface area contributed by atoms with Gasteiger partial charge in [0.15, 0.2) is 11.5 Å². The molecule has 1 amide bonds. The van der Waals surface area contributed by atoms with Crippen LogP contribution in [0.15, 0.2) is 30.5 Å². The molecule has 0 saturated carbocycles. The van der Waals surface area contributed by atoms with Crippen molar-refractivity contribution in [2.75, 3.05) is 13.8 Å². The van der Waals surface area contributed by atoms with Crippen molar-refractivity contribution in [3.8, 4) is 11.5 Å². The fourth-order valence-corrected chi connectivity index (χ4v) is 2.12. The SMILES string of the molecule is CN(Cc1ccnn1C)C(=O)c1ccc2c(c1)OCO2. The lowest BCUT2D eigenvalue weighted by Crippen LogP contribution is -2.27. The standard InChI is InChI=1S/C14H15N3O3/c1-16(8-11-5-6-15-17(11)2)14(18)10-3-4-12-13(7-10)20-9-19-12/h3-7H,8-9H2,1-2H3. The number of carbonyl (C=O) groups is 1. The van der Waals surface area contributed by atoms with Crippen LogP contribution >= 0.6 is 0 Å². The van der Waals surface area contributed by atoms with Crippen molar-refractivity contribution in [1.29, 1.82) is 0 Å². The van der Waals surface area contributed by atoms with Gasteiger partial charge in [-0.05, 0) is 24.3 Å². The Morgan fingerprint density at radius 3 is 2.90 bits per heavy atom. The number of ether oxygens (including phenoxy) is 2. The Morgan fingerprint density at radius 2 is 2.15 bits per heavy atom. The molecule has 6 heteroatoms. The highest BCUT2D eigenvalue weighted by Crippen LogP contribution is 2.32. The Labute approximate surface area is 116 Å². The maximum atomic E-state index is 12.4. The highest BCUT2D eigenvalue weighted by molar-refractivity contribution is 5.94. The normalized spacial score (nSPS) is 12.5. The fraction of sp³-hybridized carbons (Fsp3) is 0.286. The van der Waals surface area contributed by atoms with Gasteiger partial charge in [-0.1, -0.05) is 0 Å². The van der Waals surface area contributed by atoms with Gasteiger partial charge in [-0.25, -0.2) is 0 Å². The van der Waals surface area contributed by atoms with Crippen LogP contribution in [0.5, 0.6) is 11.5 Å². The van der Waals surface area contributed by atoms with E-state index in [2.05, 4.69) is 5.10 Å². The van der Waals surface area contributed by atoms with Crippen LogP contribution in [0.25, 0.3) is 0 Å². The molecule has 0 unspecified atom stereocenters. The first-order chi connectivity index (χ1) is 9.65. The Morgan fingerprint density at radius 1 is 1.35 bits per heavy atom. The second-order valence-electron chi connectivity index (χ2n) is 4.68. The summed E-state index contributed by atoms with van der Waals surface area (Å²) in [7, 11) is 3.62. The third-order valence-corrected chi connectivity index (χ3v) is 3.29. The summed E-state index contributed by atoms with van der Waals surface area (Å²) in [6, 6.07) is 7.11. The molecule has 0 radical (unpaired) electrons. The molecule has 0 atom stereocenters. The van der Waals surface area contributed by atoms with Crippen LogP contribution in [0.3, 0.4) is 0 Å². The number of benzene rings is 1. The summed E-state index contributed by atoms with van der Waals surface area (Å²) in [5.74, 6) is 1.23. The zero-order valence-corrected chi connectivity index (χ0v) is 11.4. The van der Waals surface area contributed by atoms with E-state index >= 15 is 0 Å². The fourth-order valence-electron chi connectivity index (χ4n) is 2.12. The van der Waals surface area contributed by atoms with Gasteiger partial charge in [-0.2, -0.15) is 5.10 Å². The van der Waals surface area contributed by atoms with E-state index in [1.165, 1.54) is 0 Å². The molecule has 3 rings (SSSR count). The quantitative estimate of drug-likeness (QED) is 0.848. The summed E-state index contributed by atoms with van der Waals surface area (Å²) in [5, 5.41) is 4.09. The first-order valence-electron chi connectivity index (χ1n) is 6.27. The van der Waals surface area contributed by atoms with Crippen LogP contribution in [-0.2, 0) is 13.6 Å². The molecule has 1 aromatic carbocycles. The van der Waals surface area contributed by atoms with Gasteiger partial charge in [0.05, 0.1) is 12.2 Å². The summed E-state index contributed by atoms with van der Waals surface area (Å²) in [5.41, 5.74) is 1.56. The number of aromatic nitrogens is 2. The van der Waals surface area contributed by atoms with Gasteiger partial charge in [0.2, 0.25) is 6.79 Å². The lowest BCUT2D eigenvalue weighted by molar-refractivity contribution is 0.0781. The molecule has 1 aromatic heterocycles. The smallest absolute Gasteiger partial charge is 0.254 e. The van der Waals surface area contributed by atoms with Crippen molar-refractivity contribution in [3.63, 3.8) is 0 Å². The third kappa shape index (κ3) is 2.20. The molecule has 0 saturated heterocycles. The summed E-state index contributed by atoms with van der Waals surface area (Å²) in [6.07, 6.45) is 1.72. The summed E-state index contributed by atoms with van der Waals surface area (Å²) >= 11 is 0. The van der Waals surface area contributed by atoms with E-state index in [4.69, 9.17) is 9.47 Å². The minimum atomic E-state index is -0.0653. The van der Waals surface area contributed by atoms with Crippen molar-refractivity contribution in [3.05, 3.63) is 41.7 Å². The number of rotatable bonds is 3. The van der Waals surface area contributed by atoms with Crippen LogP contribution in [0, 0.1) is 0 Å².